The fourth-order valence-electron chi connectivity index (χ4n) is 3.95. The number of sulfonamides is 1. The molecule has 0 heterocycles. The molecule has 7 nitrogen and oxygen atoms in total. The lowest BCUT2D eigenvalue weighted by molar-refractivity contribution is -0.139. The molecule has 39 heavy (non-hydrogen) atoms. The molecular formula is C29H33ClFN3O4S. The van der Waals surface area contributed by atoms with Gasteiger partial charge in [0, 0.05) is 18.1 Å². The van der Waals surface area contributed by atoms with Crippen LogP contribution in [0.15, 0.2) is 77.7 Å². The first kappa shape index (κ1) is 30.1. The molecule has 0 aromatic heterocycles. The zero-order valence-electron chi connectivity index (χ0n) is 22.4. The number of hydrogen-bond donors (Lipinski definition) is 1. The first-order valence-corrected chi connectivity index (χ1v) is 14.4. The van der Waals surface area contributed by atoms with Crippen LogP contribution in [0.25, 0.3) is 0 Å². The number of carbonyl (C=O) groups excluding carboxylic acids is 2. The molecule has 0 saturated heterocycles. The van der Waals surface area contributed by atoms with Gasteiger partial charge in [-0.05, 0) is 73.4 Å². The summed E-state index contributed by atoms with van der Waals surface area (Å²) >= 11 is 6.12. The molecule has 10 heteroatoms. The Hall–Kier alpha value is -3.43. The third-order valence-electron chi connectivity index (χ3n) is 6.16. The maximum Gasteiger partial charge on any atom is 0.264 e. The fourth-order valence-corrected chi connectivity index (χ4v) is 5.68. The van der Waals surface area contributed by atoms with Gasteiger partial charge in [0.1, 0.15) is 18.4 Å². The predicted octanol–water partition coefficient (Wildman–Crippen LogP) is 5.17. The lowest BCUT2D eigenvalue weighted by Gasteiger charge is -2.32. The van der Waals surface area contributed by atoms with Gasteiger partial charge >= 0.3 is 0 Å². The summed E-state index contributed by atoms with van der Waals surface area (Å²) in [5.41, 5.74) is 1.44. The van der Waals surface area contributed by atoms with Gasteiger partial charge in [-0.1, -0.05) is 55.8 Å². The average molecular weight is 574 g/mol. The number of nitrogens with zero attached hydrogens (tertiary/aromatic N) is 2. The van der Waals surface area contributed by atoms with Gasteiger partial charge in [-0.3, -0.25) is 13.9 Å². The lowest BCUT2D eigenvalue weighted by Crippen LogP contribution is -2.51. The molecule has 3 aromatic carbocycles. The minimum Gasteiger partial charge on any atom is -0.354 e. The summed E-state index contributed by atoms with van der Waals surface area (Å²) in [7, 11) is -4.17. The van der Waals surface area contributed by atoms with Crippen molar-refractivity contribution in [3.63, 3.8) is 0 Å². The Morgan fingerprint density at radius 2 is 1.62 bits per heavy atom. The topological polar surface area (TPSA) is 86.8 Å². The summed E-state index contributed by atoms with van der Waals surface area (Å²) in [5.74, 6) is -1.21. The Balaban J connectivity index is 2.03. The van der Waals surface area contributed by atoms with E-state index in [4.69, 9.17) is 11.6 Å². The molecule has 0 aliphatic rings. The van der Waals surface area contributed by atoms with Crippen LogP contribution in [0.3, 0.4) is 0 Å². The number of halogens is 2. The van der Waals surface area contributed by atoms with Gasteiger partial charge in [0.15, 0.2) is 0 Å². The van der Waals surface area contributed by atoms with Crippen molar-refractivity contribution in [3.05, 3.63) is 94.8 Å². The second-order valence-corrected chi connectivity index (χ2v) is 12.0. The number of aryl methyl sites for hydroxylation is 1. The van der Waals surface area contributed by atoms with Crippen molar-refractivity contribution in [2.75, 3.05) is 17.4 Å². The van der Waals surface area contributed by atoms with Crippen molar-refractivity contribution in [2.24, 2.45) is 5.92 Å². The van der Waals surface area contributed by atoms with Crippen molar-refractivity contribution >= 4 is 39.1 Å². The summed E-state index contributed by atoms with van der Waals surface area (Å²) in [6.45, 7) is 7.02. The van der Waals surface area contributed by atoms with Crippen LogP contribution in [0.4, 0.5) is 10.1 Å². The Bertz CT molecular complexity index is 1400. The predicted molar refractivity (Wildman–Crippen MR) is 151 cm³/mol. The molecule has 1 atom stereocenters. The van der Waals surface area contributed by atoms with Crippen LogP contribution in [0, 0.1) is 18.7 Å². The number of amides is 2. The quantitative estimate of drug-likeness (QED) is 0.343. The molecule has 0 spiro atoms. The first-order chi connectivity index (χ1) is 18.4. The monoisotopic (exact) mass is 573 g/mol. The number of anilines is 1. The maximum atomic E-state index is 13.9. The van der Waals surface area contributed by atoms with Crippen molar-refractivity contribution in [2.45, 2.75) is 45.2 Å². The molecule has 3 rings (SSSR count). The normalized spacial score (nSPS) is 12.2. The first-order valence-electron chi connectivity index (χ1n) is 12.6. The number of carbonyl (C=O) groups is 2. The highest BCUT2D eigenvalue weighted by molar-refractivity contribution is 7.92. The minimum absolute atomic E-state index is 0.0139. The molecule has 0 radical (unpaired) electrons. The van der Waals surface area contributed by atoms with E-state index >= 15 is 0 Å². The van der Waals surface area contributed by atoms with E-state index in [9.17, 15) is 22.4 Å². The molecule has 0 fully saturated rings. The second-order valence-electron chi connectivity index (χ2n) is 9.72. The van der Waals surface area contributed by atoms with Crippen LogP contribution >= 0.6 is 11.6 Å². The molecule has 208 valence electrons. The summed E-state index contributed by atoms with van der Waals surface area (Å²) in [5, 5.41) is 3.25. The van der Waals surface area contributed by atoms with Gasteiger partial charge in [0.2, 0.25) is 11.8 Å². The number of nitrogens with one attached hydrogen (secondary N) is 1. The molecule has 0 bridgehead atoms. The van der Waals surface area contributed by atoms with Crippen molar-refractivity contribution in [1.29, 1.82) is 0 Å². The highest BCUT2D eigenvalue weighted by Gasteiger charge is 2.33. The van der Waals surface area contributed by atoms with Crippen LogP contribution < -0.4 is 9.62 Å². The van der Waals surface area contributed by atoms with Crippen molar-refractivity contribution in [1.82, 2.24) is 10.2 Å². The van der Waals surface area contributed by atoms with Gasteiger partial charge in [0.05, 0.1) is 10.6 Å². The van der Waals surface area contributed by atoms with Gasteiger partial charge in [-0.15, -0.1) is 0 Å². The fraction of sp³-hybridized carbons (Fsp3) is 0.310. The van der Waals surface area contributed by atoms with Gasteiger partial charge < -0.3 is 10.2 Å². The Morgan fingerprint density at radius 3 is 2.21 bits per heavy atom. The third-order valence-corrected chi connectivity index (χ3v) is 8.16. The molecule has 1 N–H and O–H groups in total. The van der Waals surface area contributed by atoms with Crippen LogP contribution in [-0.4, -0.2) is 44.3 Å². The van der Waals surface area contributed by atoms with E-state index in [2.05, 4.69) is 5.32 Å². The smallest absolute Gasteiger partial charge is 0.264 e. The molecular weight excluding hydrogens is 541 g/mol. The standard InChI is InChI=1S/C29H33ClFN3O4S/c1-20(2)17-32-29(36)22(4)33(18-23-10-13-25(31)14-11-23)28(35)19-34(27-15-12-24(30)16-21(27)3)39(37,38)26-8-6-5-7-9-26/h5-16,20,22H,17-19H2,1-4H3,(H,32,36)/t22-/m1/s1. The number of hydrogen-bond acceptors (Lipinski definition) is 4. The maximum absolute atomic E-state index is 13.9. The summed E-state index contributed by atoms with van der Waals surface area (Å²) in [6.07, 6.45) is 0. The van der Waals surface area contributed by atoms with E-state index < -0.39 is 34.3 Å². The Morgan fingerprint density at radius 1 is 0.974 bits per heavy atom. The zero-order chi connectivity index (χ0) is 28.7. The summed E-state index contributed by atoms with van der Waals surface area (Å²) in [6, 6.07) is 17.2. The van der Waals surface area contributed by atoms with E-state index in [0.717, 1.165) is 4.31 Å². The second kappa shape index (κ2) is 13.1. The average Bonchev–Trinajstić information content (AvgIpc) is 2.90. The van der Waals surface area contributed by atoms with Crippen LogP contribution in [0.1, 0.15) is 31.9 Å². The van der Waals surface area contributed by atoms with E-state index in [-0.39, 0.29) is 29.0 Å². The molecule has 3 aromatic rings. The highest BCUT2D eigenvalue weighted by Crippen LogP contribution is 2.29. The Kier molecular flexibility index (Phi) is 10.1. The van der Waals surface area contributed by atoms with Crippen LogP contribution in [0.5, 0.6) is 0 Å². The minimum atomic E-state index is -4.17. The molecule has 0 aliphatic heterocycles. The van der Waals surface area contributed by atoms with Gasteiger partial charge in [-0.2, -0.15) is 0 Å². The largest absolute Gasteiger partial charge is 0.354 e. The summed E-state index contributed by atoms with van der Waals surface area (Å²) in [4.78, 5) is 28.2. The summed E-state index contributed by atoms with van der Waals surface area (Å²) < 4.78 is 42.2. The Labute approximate surface area is 234 Å². The molecule has 0 saturated carbocycles. The molecule has 0 unspecified atom stereocenters. The van der Waals surface area contributed by atoms with Crippen molar-refractivity contribution in [3.8, 4) is 0 Å². The number of rotatable bonds is 11. The van der Waals surface area contributed by atoms with E-state index in [1.807, 2.05) is 13.8 Å². The third kappa shape index (κ3) is 7.80. The van der Waals surface area contributed by atoms with Crippen LogP contribution in [0.2, 0.25) is 5.02 Å². The molecule has 0 aliphatic carbocycles. The zero-order valence-corrected chi connectivity index (χ0v) is 24.0. The van der Waals surface area contributed by atoms with E-state index in [1.54, 1.807) is 50.2 Å². The SMILES string of the molecule is Cc1cc(Cl)ccc1N(CC(=O)N(Cc1ccc(F)cc1)[C@H](C)C(=O)NCC(C)C)S(=O)(=O)c1ccccc1. The van der Waals surface area contributed by atoms with Crippen molar-refractivity contribution < 1.29 is 22.4 Å². The highest BCUT2D eigenvalue weighted by atomic mass is 35.5. The van der Waals surface area contributed by atoms with Gasteiger partial charge in [-0.25, -0.2) is 12.8 Å². The van der Waals surface area contributed by atoms with E-state index in [0.29, 0.717) is 22.7 Å². The van der Waals surface area contributed by atoms with Crippen LogP contribution in [-0.2, 0) is 26.2 Å². The van der Waals surface area contributed by atoms with E-state index in [1.165, 1.54) is 41.3 Å². The number of benzene rings is 3. The van der Waals surface area contributed by atoms with Gasteiger partial charge in [0.25, 0.3) is 10.0 Å². The lowest BCUT2D eigenvalue weighted by atomic mass is 10.1. The molecule has 2 amide bonds.